The van der Waals surface area contributed by atoms with Gasteiger partial charge in [0, 0.05) is 17.0 Å². The fraction of sp³-hybridized carbons (Fsp3) is 0. The first-order chi connectivity index (χ1) is 10.6. The van der Waals surface area contributed by atoms with Gasteiger partial charge in [-0.25, -0.2) is 9.78 Å². The molecular formula is C15H9ClN2O4. The summed E-state index contributed by atoms with van der Waals surface area (Å²) in [5.74, 6) is -0.777. The van der Waals surface area contributed by atoms with E-state index in [-0.39, 0.29) is 10.5 Å². The molecule has 3 aromatic rings. The first-order valence-electron chi connectivity index (χ1n) is 6.19. The predicted molar refractivity (Wildman–Crippen MR) is 79.7 cm³/mol. The molecule has 7 heteroatoms. The summed E-state index contributed by atoms with van der Waals surface area (Å²) < 4.78 is 5.61. The summed E-state index contributed by atoms with van der Waals surface area (Å²) in [6.07, 6.45) is 3.18. The van der Waals surface area contributed by atoms with Crippen molar-refractivity contribution in [1.29, 1.82) is 0 Å². The third kappa shape index (κ3) is 2.51. The Bertz CT molecular complexity index is 868. The molecule has 2 heterocycles. The highest BCUT2D eigenvalue weighted by Crippen LogP contribution is 2.35. The zero-order chi connectivity index (χ0) is 15.7. The van der Waals surface area contributed by atoms with E-state index in [1.165, 1.54) is 6.07 Å². The smallest absolute Gasteiger partial charge is 0.358 e. The van der Waals surface area contributed by atoms with Crippen LogP contribution in [0.25, 0.3) is 10.8 Å². The third-order valence-electron chi connectivity index (χ3n) is 2.98. The van der Waals surface area contributed by atoms with Gasteiger partial charge in [-0.1, -0.05) is 11.6 Å². The fourth-order valence-electron chi connectivity index (χ4n) is 2.00. The van der Waals surface area contributed by atoms with Crippen LogP contribution in [0.1, 0.15) is 10.5 Å². The second-order valence-electron chi connectivity index (χ2n) is 4.40. The summed E-state index contributed by atoms with van der Waals surface area (Å²) in [6, 6.07) is 8.16. The van der Waals surface area contributed by atoms with Crippen molar-refractivity contribution >= 4 is 28.3 Å². The molecule has 0 spiro atoms. The summed E-state index contributed by atoms with van der Waals surface area (Å²) in [5, 5.41) is 19.6. The molecule has 0 atom stereocenters. The summed E-state index contributed by atoms with van der Waals surface area (Å²) in [5.41, 5.74) is -0.488. The Morgan fingerprint density at radius 1 is 1.18 bits per heavy atom. The van der Waals surface area contributed by atoms with Crippen LogP contribution < -0.4 is 4.74 Å². The zero-order valence-corrected chi connectivity index (χ0v) is 11.8. The summed E-state index contributed by atoms with van der Waals surface area (Å²) in [7, 11) is 0. The van der Waals surface area contributed by atoms with Gasteiger partial charge in [0.1, 0.15) is 16.7 Å². The molecule has 1 aromatic carbocycles. The number of rotatable bonds is 3. The van der Waals surface area contributed by atoms with Crippen LogP contribution in [0.5, 0.6) is 17.2 Å². The van der Waals surface area contributed by atoms with Crippen molar-refractivity contribution in [1.82, 2.24) is 9.97 Å². The highest BCUT2D eigenvalue weighted by molar-refractivity contribution is 6.34. The number of fused-ring (bicyclic) bond motifs is 1. The van der Waals surface area contributed by atoms with Crippen LogP contribution in [-0.2, 0) is 0 Å². The molecule has 0 radical (unpaired) electrons. The maximum Gasteiger partial charge on any atom is 0.358 e. The molecule has 0 aliphatic carbocycles. The molecule has 22 heavy (non-hydrogen) atoms. The molecule has 0 aliphatic heterocycles. The molecule has 6 nitrogen and oxygen atoms in total. The number of halogens is 1. The number of aromatic nitrogens is 2. The number of ether oxygens (including phenoxy) is 1. The van der Waals surface area contributed by atoms with Gasteiger partial charge in [0.05, 0.1) is 6.20 Å². The standard InChI is InChI=1S/C15H9ClN2O4/c16-14-11-6-8(22-9-2-1-5-17-7-9)3-4-10(11)13(19)12(18-14)15(20)21/h1-7,19H,(H,20,21). The number of hydrogen-bond donors (Lipinski definition) is 2. The Morgan fingerprint density at radius 2 is 2.00 bits per heavy atom. The van der Waals surface area contributed by atoms with Crippen molar-refractivity contribution in [2.75, 3.05) is 0 Å². The molecule has 0 saturated carbocycles. The van der Waals surface area contributed by atoms with Crippen LogP contribution >= 0.6 is 11.6 Å². The van der Waals surface area contributed by atoms with Gasteiger partial charge >= 0.3 is 5.97 Å². The van der Waals surface area contributed by atoms with Gasteiger partial charge in [0.25, 0.3) is 0 Å². The summed E-state index contributed by atoms with van der Waals surface area (Å²) in [4.78, 5) is 18.6. The predicted octanol–water partition coefficient (Wildman–Crippen LogP) is 3.48. The first-order valence-corrected chi connectivity index (χ1v) is 6.57. The van der Waals surface area contributed by atoms with Gasteiger partial charge in [-0.2, -0.15) is 0 Å². The monoisotopic (exact) mass is 316 g/mol. The Morgan fingerprint density at radius 3 is 2.68 bits per heavy atom. The molecule has 0 fully saturated rings. The van der Waals surface area contributed by atoms with Gasteiger partial charge in [-0.15, -0.1) is 0 Å². The number of pyridine rings is 2. The Labute approximate surface area is 129 Å². The SMILES string of the molecule is O=C(O)c1nc(Cl)c2cc(Oc3cccnc3)ccc2c1O. The van der Waals surface area contributed by atoms with E-state index in [0.717, 1.165) is 0 Å². The largest absolute Gasteiger partial charge is 0.505 e. The van der Waals surface area contributed by atoms with Crippen molar-refractivity contribution in [3.63, 3.8) is 0 Å². The molecule has 2 N–H and O–H groups in total. The number of benzene rings is 1. The topological polar surface area (TPSA) is 92.5 Å². The average Bonchev–Trinajstić information content (AvgIpc) is 2.51. The Kier molecular flexibility index (Phi) is 3.52. The van der Waals surface area contributed by atoms with Gasteiger partial charge in [0.2, 0.25) is 0 Å². The molecular weight excluding hydrogens is 308 g/mol. The second kappa shape index (κ2) is 5.50. The van der Waals surface area contributed by atoms with Gasteiger partial charge in [-0.3, -0.25) is 4.98 Å². The minimum atomic E-state index is -1.35. The maximum absolute atomic E-state index is 11.0. The minimum Gasteiger partial charge on any atom is -0.505 e. The summed E-state index contributed by atoms with van der Waals surface area (Å²) >= 11 is 6.00. The lowest BCUT2D eigenvalue weighted by Crippen LogP contribution is -2.01. The number of hydrogen-bond acceptors (Lipinski definition) is 5. The lowest BCUT2D eigenvalue weighted by molar-refractivity contribution is 0.0687. The normalized spacial score (nSPS) is 10.6. The van der Waals surface area contributed by atoms with Crippen LogP contribution in [0.15, 0.2) is 42.7 Å². The fourth-order valence-corrected chi connectivity index (χ4v) is 2.24. The third-order valence-corrected chi connectivity index (χ3v) is 3.26. The number of carboxylic acid groups (broad SMARTS) is 1. The van der Waals surface area contributed by atoms with E-state index in [9.17, 15) is 9.90 Å². The first kappa shape index (κ1) is 14.1. The van der Waals surface area contributed by atoms with E-state index in [0.29, 0.717) is 16.9 Å². The highest BCUT2D eigenvalue weighted by Gasteiger charge is 2.18. The van der Waals surface area contributed by atoms with Crippen molar-refractivity contribution < 1.29 is 19.7 Å². The lowest BCUT2D eigenvalue weighted by Gasteiger charge is -2.09. The minimum absolute atomic E-state index is 0.0261. The molecule has 0 aliphatic rings. The van der Waals surface area contributed by atoms with Crippen LogP contribution in [0.4, 0.5) is 0 Å². The van der Waals surface area contributed by atoms with E-state index in [2.05, 4.69) is 9.97 Å². The van der Waals surface area contributed by atoms with E-state index >= 15 is 0 Å². The van der Waals surface area contributed by atoms with Gasteiger partial charge < -0.3 is 14.9 Å². The summed E-state index contributed by atoms with van der Waals surface area (Å²) in [6.45, 7) is 0. The second-order valence-corrected chi connectivity index (χ2v) is 4.76. The molecule has 110 valence electrons. The maximum atomic E-state index is 11.0. The van der Waals surface area contributed by atoms with Crippen molar-refractivity contribution in [2.24, 2.45) is 0 Å². The lowest BCUT2D eigenvalue weighted by atomic mass is 10.1. The number of carboxylic acids is 1. The van der Waals surface area contributed by atoms with Crippen LogP contribution in [-0.4, -0.2) is 26.2 Å². The van der Waals surface area contributed by atoms with Crippen LogP contribution in [0.3, 0.4) is 0 Å². The molecule has 0 saturated heterocycles. The molecule has 0 amide bonds. The molecule has 0 unspecified atom stereocenters. The molecule has 2 aromatic heterocycles. The quantitative estimate of drug-likeness (QED) is 0.719. The Hall–Kier alpha value is -2.86. The van der Waals surface area contributed by atoms with Crippen molar-refractivity contribution in [2.45, 2.75) is 0 Å². The Balaban J connectivity index is 2.09. The molecule has 0 bridgehead atoms. The van der Waals surface area contributed by atoms with E-state index in [4.69, 9.17) is 21.4 Å². The van der Waals surface area contributed by atoms with Crippen LogP contribution in [0.2, 0.25) is 5.15 Å². The number of carbonyl (C=O) groups is 1. The number of aromatic hydroxyl groups is 1. The zero-order valence-electron chi connectivity index (χ0n) is 11.0. The van der Waals surface area contributed by atoms with E-state index < -0.39 is 17.4 Å². The van der Waals surface area contributed by atoms with Crippen molar-refractivity contribution in [3.05, 3.63) is 53.6 Å². The van der Waals surface area contributed by atoms with Gasteiger partial charge in [0.15, 0.2) is 11.4 Å². The van der Waals surface area contributed by atoms with Crippen LogP contribution in [0, 0.1) is 0 Å². The number of nitrogens with zero attached hydrogens (tertiary/aromatic N) is 2. The van der Waals surface area contributed by atoms with E-state index in [1.807, 2.05) is 0 Å². The average molecular weight is 317 g/mol. The molecule has 3 rings (SSSR count). The highest BCUT2D eigenvalue weighted by atomic mass is 35.5. The number of aromatic carboxylic acids is 1. The van der Waals surface area contributed by atoms with Crippen molar-refractivity contribution in [3.8, 4) is 17.2 Å². The van der Waals surface area contributed by atoms with E-state index in [1.54, 1.807) is 36.7 Å². The van der Waals surface area contributed by atoms with Gasteiger partial charge in [-0.05, 0) is 30.3 Å².